The van der Waals surface area contributed by atoms with Crippen molar-refractivity contribution < 1.29 is 14.5 Å². The highest BCUT2D eigenvalue weighted by Gasteiger charge is 2.21. The number of aromatic nitrogens is 1. The third-order valence-electron chi connectivity index (χ3n) is 2.11. The van der Waals surface area contributed by atoms with Crippen molar-refractivity contribution in [2.24, 2.45) is 5.73 Å². The maximum atomic E-state index is 10.9. The van der Waals surface area contributed by atoms with Gasteiger partial charge >= 0.3 is 5.69 Å². The Labute approximate surface area is 97.1 Å². The minimum atomic E-state index is -0.636. The summed E-state index contributed by atoms with van der Waals surface area (Å²) >= 11 is 0. The normalized spacial score (nSPS) is 10.5. The van der Waals surface area contributed by atoms with Crippen molar-refractivity contribution in [2.75, 3.05) is 7.11 Å². The number of pyridine rings is 1. The van der Waals surface area contributed by atoms with Crippen molar-refractivity contribution in [3.05, 3.63) is 33.5 Å². The summed E-state index contributed by atoms with van der Waals surface area (Å²) in [4.78, 5) is 24.7. The van der Waals surface area contributed by atoms with Gasteiger partial charge in [0.1, 0.15) is 0 Å². The SMILES string of the molecule is COc1ncc(C=CC(N)=O)c(C)c1[N+](=O)[O-]. The Morgan fingerprint density at radius 2 is 2.29 bits per heavy atom. The van der Waals surface area contributed by atoms with Crippen LogP contribution in [0.15, 0.2) is 12.3 Å². The molecule has 90 valence electrons. The van der Waals surface area contributed by atoms with Crippen LogP contribution in [0.25, 0.3) is 6.08 Å². The van der Waals surface area contributed by atoms with Crippen molar-refractivity contribution in [2.45, 2.75) is 6.92 Å². The monoisotopic (exact) mass is 237 g/mol. The lowest BCUT2D eigenvalue weighted by molar-refractivity contribution is -0.386. The number of carbonyl (C=O) groups is 1. The number of primary amides is 1. The van der Waals surface area contributed by atoms with Crippen LogP contribution in [-0.2, 0) is 4.79 Å². The number of nitrogens with two attached hydrogens (primary N) is 1. The second kappa shape index (κ2) is 5.06. The Morgan fingerprint density at radius 3 is 2.76 bits per heavy atom. The van der Waals surface area contributed by atoms with Crippen LogP contribution >= 0.6 is 0 Å². The maximum absolute atomic E-state index is 10.9. The summed E-state index contributed by atoms with van der Waals surface area (Å²) in [5, 5.41) is 10.9. The average Bonchev–Trinajstić information content (AvgIpc) is 2.26. The van der Waals surface area contributed by atoms with Gasteiger partial charge in [0.2, 0.25) is 5.91 Å². The predicted molar refractivity (Wildman–Crippen MR) is 60.4 cm³/mol. The van der Waals surface area contributed by atoms with Gasteiger partial charge in [-0.3, -0.25) is 14.9 Å². The summed E-state index contributed by atoms with van der Waals surface area (Å²) in [5.74, 6) is -0.702. The summed E-state index contributed by atoms with van der Waals surface area (Å²) in [7, 11) is 1.30. The highest BCUT2D eigenvalue weighted by atomic mass is 16.6. The first kappa shape index (κ1) is 12.6. The lowest BCUT2D eigenvalue weighted by Crippen LogP contribution is -2.05. The average molecular weight is 237 g/mol. The van der Waals surface area contributed by atoms with Crippen LogP contribution in [0.3, 0.4) is 0 Å². The zero-order valence-electron chi connectivity index (χ0n) is 9.34. The van der Waals surface area contributed by atoms with Gasteiger partial charge in [-0.25, -0.2) is 4.98 Å². The van der Waals surface area contributed by atoms with E-state index < -0.39 is 10.8 Å². The Morgan fingerprint density at radius 1 is 1.65 bits per heavy atom. The minimum absolute atomic E-state index is 0.0660. The molecule has 0 aromatic carbocycles. The molecule has 0 atom stereocenters. The molecule has 0 saturated carbocycles. The lowest BCUT2D eigenvalue weighted by atomic mass is 10.1. The highest BCUT2D eigenvalue weighted by molar-refractivity contribution is 5.90. The van der Waals surface area contributed by atoms with Crippen LogP contribution in [0.2, 0.25) is 0 Å². The molecular formula is C10H11N3O4. The van der Waals surface area contributed by atoms with E-state index in [1.54, 1.807) is 6.92 Å². The molecule has 1 aromatic heterocycles. The number of rotatable bonds is 4. The molecular weight excluding hydrogens is 226 g/mol. The van der Waals surface area contributed by atoms with E-state index in [0.29, 0.717) is 11.1 Å². The number of nitro groups is 1. The number of amides is 1. The third-order valence-corrected chi connectivity index (χ3v) is 2.11. The van der Waals surface area contributed by atoms with E-state index in [2.05, 4.69) is 4.98 Å². The molecule has 0 fully saturated rings. The van der Waals surface area contributed by atoms with Crippen LogP contribution in [0.5, 0.6) is 5.88 Å². The molecule has 0 unspecified atom stereocenters. The summed E-state index contributed by atoms with van der Waals surface area (Å²) in [6.07, 6.45) is 3.86. The Kier molecular flexibility index (Phi) is 3.76. The van der Waals surface area contributed by atoms with Gasteiger partial charge in [-0.15, -0.1) is 0 Å². The van der Waals surface area contributed by atoms with Crippen molar-refractivity contribution in [1.29, 1.82) is 0 Å². The molecule has 0 bridgehead atoms. The molecule has 17 heavy (non-hydrogen) atoms. The summed E-state index contributed by atoms with van der Waals surface area (Å²) < 4.78 is 4.80. The molecule has 0 aliphatic heterocycles. The molecule has 0 aliphatic carbocycles. The van der Waals surface area contributed by atoms with Crippen molar-refractivity contribution >= 4 is 17.7 Å². The van der Waals surface area contributed by atoms with Gasteiger partial charge in [0, 0.05) is 23.4 Å². The molecule has 0 aliphatic rings. The number of nitrogens with zero attached hydrogens (tertiary/aromatic N) is 2. The number of carbonyl (C=O) groups excluding carboxylic acids is 1. The molecule has 1 aromatic rings. The number of hydrogen-bond acceptors (Lipinski definition) is 5. The maximum Gasteiger partial charge on any atom is 0.334 e. The van der Waals surface area contributed by atoms with E-state index in [1.807, 2.05) is 0 Å². The first-order valence-electron chi connectivity index (χ1n) is 4.63. The van der Waals surface area contributed by atoms with E-state index in [1.165, 1.54) is 19.4 Å². The first-order valence-corrected chi connectivity index (χ1v) is 4.63. The third kappa shape index (κ3) is 2.77. The van der Waals surface area contributed by atoms with E-state index in [4.69, 9.17) is 10.5 Å². The molecule has 1 amide bonds. The Hall–Kier alpha value is -2.44. The molecule has 1 rings (SSSR count). The molecule has 7 nitrogen and oxygen atoms in total. The largest absolute Gasteiger partial charge is 0.476 e. The fourth-order valence-corrected chi connectivity index (χ4v) is 1.29. The van der Waals surface area contributed by atoms with Gasteiger partial charge in [-0.1, -0.05) is 0 Å². The van der Waals surface area contributed by atoms with Crippen molar-refractivity contribution in [3.63, 3.8) is 0 Å². The van der Waals surface area contributed by atoms with Gasteiger partial charge in [-0.2, -0.15) is 0 Å². The van der Waals surface area contributed by atoms with Crippen molar-refractivity contribution in [3.8, 4) is 5.88 Å². The van der Waals surface area contributed by atoms with Crippen LogP contribution in [0, 0.1) is 17.0 Å². The lowest BCUT2D eigenvalue weighted by Gasteiger charge is -2.05. The molecule has 2 N–H and O–H groups in total. The van der Waals surface area contributed by atoms with Crippen molar-refractivity contribution in [1.82, 2.24) is 4.98 Å². The predicted octanol–water partition coefficient (Wildman–Crippen LogP) is 0.805. The Bertz CT molecular complexity index is 497. The van der Waals surface area contributed by atoms with Crippen LogP contribution in [0.4, 0.5) is 5.69 Å². The quantitative estimate of drug-likeness (QED) is 0.473. The summed E-state index contributed by atoms with van der Waals surface area (Å²) in [5.41, 5.74) is 5.52. The van der Waals surface area contributed by atoms with Crippen LogP contribution < -0.4 is 10.5 Å². The van der Waals surface area contributed by atoms with E-state index in [0.717, 1.165) is 6.08 Å². The second-order valence-corrected chi connectivity index (χ2v) is 3.19. The highest BCUT2D eigenvalue weighted by Crippen LogP contribution is 2.30. The number of methoxy groups -OCH3 is 1. The van der Waals surface area contributed by atoms with Gasteiger partial charge in [0.15, 0.2) is 0 Å². The summed E-state index contributed by atoms with van der Waals surface area (Å²) in [6.45, 7) is 1.54. The fourth-order valence-electron chi connectivity index (χ4n) is 1.29. The molecule has 7 heteroatoms. The number of hydrogen-bond donors (Lipinski definition) is 1. The van der Waals surface area contributed by atoms with Crippen LogP contribution in [0.1, 0.15) is 11.1 Å². The van der Waals surface area contributed by atoms with Gasteiger partial charge in [-0.05, 0) is 13.0 Å². The van der Waals surface area contributed by atoms with Gasteiger partial charge < -0.3 is 10.5 Å². The van der Waals surface area contributed by atoms with E-state index in [9.17, 15) is 14.9 Å². The van der Waals surface area contributed by atoms with Crippen LogP contribution in [-0.4, -0.2) is 22.9 Å². The standard InChI is InChI=1S/C10H11N3O4/c1-6-7(3-4-8(11)14)5-12-10(17-2)9(6)13(15)16/h3-5H,1-2H3,(H2,11,14). The van der Waals surface area contributed by atoms with Gasteiger partial charge in [0.25, 0.3) is 5.88 Å². The molecule has 1 heterocycles. The molecule has 0 saturated heterocycles. The zero-order valence-corrected chi connectivity index (χ0v) is 9.34. The minimum Gasteiger partial charge on any atom is -0.476 e. The summed E-state index contributed by atoms with van der Waals surface area (Å²) in [6, 6.07) is 0. The van der Waals surface area contributed by atoms with E-state index >= 15 is 0 Å². The Balaban J connectivity index is 3.33. The number of ether oxygens (including phenoxy) is 1. The van der Waals surface area contributed by atoms with Gasteiger partial charge in [0.05, 0.1) is 12.0 Å². The second-order valence-electron chi connectivity index (χ2n) is 3.19. The topological polar surface area (TPSA) is 108 Å². The smallest absolute Gasteiger partial charge is 0.334 e. The fraction of sp³-hybridized carbons (Fsp3) is 0.200. The molecule has 0 radical (unpaired) electrons. The first-order chi connectivity index (χ1) is 7.97. The van der Waals surface area contributed by atoms with E-state index in [-0.39, 0.29) is 11.6 Å². The molecule has 0 spiro atoms. The zero-order chi connectivity index (χ0) is 13.0.